The fraction of sp³-hybridized carbons (Fsp3) is 0.708. The van der Waals surface area contributed by atoms with Gasteiger partial charge in [-0.1, -0.05) is 32.9 Å². The van der Waals surface area contributed by atoms with Crippen molar-refractivity contribution in [3.63, 3.8) is 0 Å². The molecule has 172 valence electrons. The zero-order valence-electron chi connectivity index (χ0n) is 19.4. The first-order chi connectivity index (χ1) is 14.6. The van der Waals surface area contributed by atoms with Crippen molar-refractivity contribution in [3.05, 3.63) is 29.8 Å². The smallest absolute Gasteiger partial charge is 0.243 e. The molecular formula is C24H37N3O3S. The minimum Gasteiger partial charge on any atom is -0.345 e. The summed E-state index contributed by atoms with van der Waals surface area (Å²) in [7, 11) is -1.59. The number of sulfonamides is 1. The van der Waals surface area contributed by atoms with E-state index in [9.17, 15) is 13.2 Å². The SMILES string of the molecule is CCc1ccc(S(=O)(=O)N2CCC3(CC2)CN(CC(C)C)CC32CCN(C)C2=O)cc1. The summed E-state index contributed by atoms with van der Waals surface area (Å²) in [5, 5.41) is 0. The van der Waals surface area contributed by atoms with Gasteiger partial charge in [-0.05, 0) is 49.3 Å². The molecule has 31 heavy (non-hydrogen) atoms. The van der Waals surface area contributed by atoms with Crippen molar-refractivity contribution in [2.45, 2.75) is 51.3 Å². The lowest BCUT2D eigenvalue weighted by Gasteiger charge is -2.46. The minimum absolute atomic E-state index is 0.123. The average Bonchev–Trinajstić information content (AvgIpc) is 3.19. The third-order valence-corrected chi connectivity index (χ3v) is 9.85. The van der Waals surface area contributed by atoms with Gasteiger partial charge in [0.05, 0.1) is 10.3 Å². The van der Waals surface area contributed by atoms with Gasteiger partial charge in [-0.2, -0.15) is 4.31 Å². The summed E-state index contributed by atoms with van der Waals surface area (Å²) >= 11 is 0. The lowest BCUT2D eigenvalue weighted by Crippen LogP contribution is -2.53. The number of rotatable bonds is 5. The molecule has 1 aromatic rings. The standard InChI is InChI=1S/C24H37N3O3S/c1-5-20-6-8-21(9-7-20)31(29,30)27-14-10-23(11-15-27)17-26(16-19(2)3)18-24(23)12-13-25(4)22(24)28/h6-9,19H,5,10-18H2,1-4H3. The highest BCUT2D eigenvalue weighted by molar-refractivity contribution is 7.89. The topological polar surface area (TPSA) is 60.9 Å². The van der Waals surface area contributed by atoms with Gasteiger partial charge in [-0.3, -0.25) is 4.79 Å². The molecule has 7 heteroatoms. The van der Waals surface area contributed by atoms with Gasteiger partial charge in [0, 0.05) is 51.7 Å². The largest absolute Gasteiger partial charge is 0.345 e. The van der Waals surface area contributed by atoms with Crippen molar-refractivity contribution < 1.29 is 13.2 Å². The predicted octanol–water partition coefficient (Wildman–Crippen LogP) is 2.84. The van der Waals surface area contributed by atoms with Gasteiger partial charge >= 0.3 is 0 Å². The second-order valence-electron chi connectivity index (χ2n) is 10.3. The van der Waals surface area contributed by atoms with Crippen LogP contribution in [0.15, 0.2) is 29.2 Å². The summed E-state index contributed by atoms with van der Waals surface area (Å²) in [6, 6.07) is 7.27. The van der Waals surface area contributed by atoms with Gasteiger partial charge in [0.15, 0.2) is 0 Å². The maximum atomic E-state index is 13.4. The summed E-state index contributed by atoms with van der Waals surface area (Å²) < 4.78 is 28.2. The Morgan fingerprint density at radius 2 is 1.65 bits per heavy atom. The lowest BCUT2D eigenvalue weighted by molar-refractivity contribution is -0.140. The summed E-state index contributed by atoms with van der Waals surface area (Å²) in [4.78, 5) is 18.1. The number of hydrogen-bond donors (Lipinski definition) is 0. The van der Waals surface area contributed by atoms with E-state index >= 15 is 0 Å². The fourth-order valence-corrected chi connectivity index (χ4v) is 7.68. The molecule has 3 aliphatic rings. The highest BCUT2D eigenvalue weighted by Crippen LogP contribution is 2.58. The monoisotopic (exact) mass is 447 g/mol. The molecule has 0 radical (unpaired) electrons. The summed E-state index contributed by atoms with van der Waals surface area (Å²) in [6.45, 7) is 11.0. The van der Waals surface area contributed by atoms with Gasteiger partial charge in [0.2, 0.25) is 15.9 Å². The first kappa shape index (κ1) is 22.7. The van der Waals surface area contributed by atoms with Gasteiger partial charge in [0.25, 0.3) is 0 Å². The Labute approximate surface area is 187 Å². The number of carbonyl (C=O) groups is 1. The number of hydrogen-bond acceptors (Lipinski definition) is 4. The number of fused-ring (bicyclic) bond motifs is 1. The van der Waals surface area contributed by atoms with E-state index in [-0.39, 0.29) is 16.7 Å². The van der Waals surface area contributed by atoms with Crippen molar-refractivity contribution in [2.75, 3.05) is 46.3 Å². The van der Waals surface area contributed by atoms with E-state index in [1.807, 2.05) is 24.1 Å². The van der Waals surface area contributed by atoms with E-state index in [4.69, 9.17) is 0 Å². The van der Waals surface area contributed by atoms with Crippen LogP contribution in [0.5, 0.6) is 0 Å². The first-order valence-corrected chi connectivity index (χ1v) is 13.1. The van der Waals surface area contributed by atoms with E-state index in [0.717, 1.165) is 57.4 Å². The highest BCUT2D eigenvalue weighted by Gasteiger charge is 2.64. The Kier molecular flexibility index (Phi) is 5.99. The number of amides is 1. The summed E-state index contributed by atoms with van der Waals surface area (Å²) in [5.41, 5.74) is 0.662. The zero-order chi connectivity index (χ0) is 22.4. The molecule has 4 rings (SSSR count). The maximum Gasteiger partial charge on any atom is 0.243 e. The predicted molar refractivity (Wildman–Crippen MR) is 122 cm³/mol. The van der Waals surface area contributed by atoms with Crippen molar-refractivity contribution in [3.8, 4) is 0 Å². The molecule has 3 aliphatic heterocycles. The number of nitrogens with zero attached hydrogens (tertiary/aromatic N) is 3. The van der Waals surface area contributed by atoms with Crippen LogP contribution in [0.25, 0.3) is 0 Å². The van der Waals surface area contributed by atoms with E-state index in [0.29, 0.717) is 23.9 Å². The molecule has 2 spiro atoms. The number of benzene rings is 1. The highest BCUT2D eigenvalue weighted by atomic mass is 32.2. The Morgan fingerprint density at radius 1 is 1.00 bits per heavy atom. The number of carbonyl (C=O) groups excluding carboxylic acids is 1. The second kappa shape index (κ2) is 8.16. The molecular weight excluding hydrogens is 410 g/mol. The molecule has 0 bridgehead atoms. The normalized spacial score (nSPS) is 27.3. The Morgan fingerprint density at radius 3 is 2.16 bits per heavy atom. The molecule has 3 fully saturated rings. The zero-order valence-corrected chi connectivity index (χ0v) is 20.2. The van der Waals surface area contributed by atoms with Crippen LogP contribution < -0.4 is 0 Å². The molecule has 0 saturated carbocycles. The Hall–Kier alpha value is -1.44. The molecule has 3 heterocycles. The third kappa shape index (κ3) is 3.72. The maximum absolute atomic E-state index is 13.4. The van der Waals surface area contributed by atoms with E-state index in [1.165, 1.54) is 0 Å². The van der Waals surface area contributed by atoms with E-state index in [2.05, 4.69) is 25.7 Å². The van der Waals surface area contributed by atoms with Crippen LogP contribution in [-0.2, 0) is 21.2 Å². The second-order valence-corrected chi connectivity index (χ2v) is 12.2. The van der Waals surface area contributed by atoms with Crippen molar-refractivity contribution in [1.82, 2.24) is 14.1 Å². The molecule has 0 aromatic heterocycles. The third-order valence-electron chi connectivity index (χ3n) is 7.94. The van der Waals surface area contributed by atoms with Gasteiger partial charge < -0.3 is 9.80 Å². The van der Waals surface area contributed by atoms with Crippen molar-refractivity contribution >= 4 is 15.9 Å². The first-order valence-electron chi connectivity index (χ1n) is 11.7. The van der Waals surface area contributed by atoms with Crippen molar-refractivity contribution in [1.29, 1.82) is 0 Å². The van der Waals surface area contributed by atoms with Crippen LogP contribution in [0.3, 0.4) is 0 Å². The molecule has 6 nitrogen and oxygen atoms in total. The number of likely N-dealkylation sites (tertiary alicyclic amines) is 2. The van der Waals surface area contributed by atoms with Gasteiger partial charge in [-0.25, -0.2) is 8.42 Å². The molecule has 0 N–H and O–H groups in total. The van der Waals surface area contributed by atoms with Crippen LogP contribution in [0.2, 0.25) is 0 Å². The summed E-state index contributed by atoms with van der Waals surface area (Å²) in [6.07, 6.45) is 3.30. The Bertz CT molecular complexity index is 920. The van der Waals surface area contributed by atoms with Crippen LogP contribution in [-0.4, -0.2) is 74.7 Å². The molecule has 1 aromatic carbocycles. The van der Waals surface area contributed by atoms with Gasteiger partial charge in [0.1, 0.15) is 0 Å². The Balaban J connectivity index is 1.56. The molecule has 0 aliphatic carbocycles. The quantitative estimate of drug-likeness (QED) is 0.696. The van der Waals surface area contributed by atoms with E-state index < -0.39 is 10.0 Å². The van der Waals surface area contributed by atoms with Crippen LogP contribution >= 0.6 is 0 Å². The summed E-state index contributed by atoms with van der Waals surface area (Å²) in [5.74, 6) is 0.818. The van der Waals surface area contributed by atoms with Crippen LogP contribution in [0.4, 0.5) is 0 Å². The molecule has 1 amide bonds. The molecule has 1 unspecified atom stereocenters. The van der Waals surface area contributed by atoms with Crippen LogP contribution in [0, 0.1) is 16.7 Å². The minimum atomic E-state index is -3.50. The van der Waals surface area contributed by atoms with E-state index in [1.54, 1.807) is 16.4 Å². The average molecular weight is 448 g/mol. The molecule has 1 atom stereocenters. The molecule has 3 saturated heterocycles. The fourth-order valence-electron chi connectivity index (χ4n) is 6.24. The number of piperidine rings is 1. The van der Waals surface area contributed by atoms with Crippen molar-refractivity contribution in [2.24, 2.45) is 16.7 Å². The number of aryl methyl sites for hydroxylation is 1. The van der Waals surface area contributed by atoms with Gasteiger partial charge in [-0.15, -0.1) is 0 Å². The van der Waals surface area contributed by atoms with Crippen LogP contribution in [0.1, 0.15) is 45.6 Å². The lowest BCUT2D eigenvalue weighted by atomic mass is 9.60.